The van der Waals surface area contributed by atoms with Gasteiger partial charge in [-0.05, 0) is 107 Å². The van der Waals surface area contributed by atoms with Crippen molar-refractivity contribution in [2.24, 2.45) is 0 Å². The van der Waals surface area contributed by atoms with E-state index >= 15 is 0 Å². The second-order valence-electron chi connectivity index (χ2n) is 14.6. The van der Waals surface area contributed by atoms with Gasteiger partial charge in [-0.2, -0.15) is 0 Å². The van der Waals surface area contributed by atoms with Crippen molar-refractivity contribution in [2.75, 3.05) is 0 Å². The summed E-state index contributed by atoms with van der Waals surface area (Å²) in [7, 11) is 0. The molecular weight excluding hydrogens is 691 g/mol. The number of fused-ring (bicyclic) bond motifs is 4. The van der Waals surface area contributed by atoms with E-state index in [-0.39, 0.29) is 0 Å². The summed E-state index contributed by atoms with van der Waals surface area (Å²) in [4.78, 5) is 0. The molecule has 11 rings (SSSR count). The number of nitrogens with zero attached hydrogens (tertiary/aromatic N) is 3. The minimum atomic E-state index is 0.807. The molecule has 0 spiro atoms. The third-order valence-electron chi connectivity index (χ3n) is 11.3. The highest BCUT2D eigenvalue weighted by molar-refractivity contribution is 6.22. The third-order valence-corrected chi connectivity index (χ3v) is 11.3. The lowest BCUT2D eigenvalue weighted by Gasteiger charge is -2.19. The first-order chi connectivity index (χ1) is 28.3. The predicted octanol–water partition coefficient (Wildman–Crippen LogP) is 14.2. The lowest BCUT2D eigenvalue weighted by molar-refractivity contribution is 1.07. The van der Waals surface area contributed by atoms with Crippen LogP contribution >= 0.6 is 0 Å². The lowest BCUT2D eigenvalue weighted by atomic mass is 9.84. The van der Waals surface area contributed by atoms with Crippen molar-refractivity contribution in [2.45, 2.75) is 0 Å². The van der Waals surface area contributed by atoms with E-state index in [9.17, 15) is 0 Å². The zero-order valence-corrected chi connectivity index (χ0v) is 31.0. The molecule has 0 N–H and O–H groups in total. The van der Waals surface area contributed by atoms with Crippen LogP contribution in [0.1, 0.15) is 0 Å². The molecule has 0 unspecified atom stereocenters. The van der Waals surface area contributed by atoms with Gasteiger partial charge in [0.15, 0.2) is 11.6 Å². The molecule has 1 heterocycles. The highest BCUT2D eigenvalue weighted by atomic mass is 15.3. The molecule has 10 aromatic carbocycles. The van der Waals surface area contributed by atoms with Gasteiger partial charge in [0.2, 0.25) is 0 Å². The molecule has 0 radical (unpaired) electrons. The van der Waals surface area contributed by atoms with Crippen molar-refractivity contribution in [1.82, 2.24) is 14.8 Å². The van der Waals surface area contributed by atoms with Crippen LogP contribution in [0.4, 0.5) is 0 Å². The SMILES string of the molecule is c1ccc(-c2nnc(-c3ccccc3)n2-c2ccc(-c3ccc4c(-c5ccc6ccccc6c5)c5ccccc5c(-c5ccc6ccccc6c5)c4c3)cc2)cc1. The van der Waals surface area contributed by atoms with Crippen LogP contribution in [0.15, 0.2) is 212 Å². The minimum Gasteiger partial charge on any atom is -0.275 e. The van der Waals surface area contributed by atoms with E-state index in [4.69, 9.17) is 10.2 Å². The molecule has 3 nitrogen and oxygen atoms in total. The first-order valence-electron chi connectivity index (χ1n) is 19.4. The maximum atomic E-state index is 4.70. The Bertz CT molecular complexity index is 3210. The van der Waals surface area contributed by atoms with Crippen molar-refractivity contribution in [1.29, 1.82) is 0 Å². The molecule has 1 aromatic heterocycles. The van der Waals surface area contributed by atoms with E-state index < -0.39 is 0 Å². The number of aromatic nitrogens is 3. The monoisotopic (exact) mass is 725 g/mol. The molecule has 0 amide bonds. The Balaban J connectivity index is 1.12. The normalized spacial score (nSPS) is 11.5. The Morgan fingerprint density at radius 2 is 0.684 bits per heavy atom. The summed E-state index contributed by atoms with van der Waals surface area (Å²) in [6, 6.07) is 76.3. The Hall–Kier alpha value is -7.62. The number of benzene rings is 10. The van der Waals surface area contributed by atoms with E-state index in [0.29, 0.717) is 0 Å². The van der Waals surface area contributed by atoms with Gasteiger partial charge in [0.05, 0.1) is 0 Å². The van der Waals surface area contributed by atoms with E-state index in [1.54, 1.807) is 0 Å². The quantitative estimate of drug-likeness (QED) is 0.160. The second-order valence-corrected chi connectivity index (χ2v) is 14.6. The first kappa shape index (κ1) is 32.8. The Labute approximate surface area is 330 Å². The molecule has 0 aliphatic rings. The van der Waals surface area contributed by atoms with Gasteiger partial charge in [0, 0.05) is 16.8 Å². The van der Waals surface area contributed by atoms with Crippen LogP contribution in [0.25, 0.3) is 105 Å². The summed E-state index contributed by atoms with van der Waals surface area (Å²) in [5.74, 6) is 1.61. The van der Waals surface area contributed by atoms with Gasteiger partial charge in [-0.3, -0.25) is 4.57 Å². The standard InChI is InChI=1S/C54H35N3/c1-3-15-39(16-4-1)53-55-56-54(40-17-5-2-6-18-40)57(53)46-30-27-38(28-31-46)43-29-32-49-50(35-43)52(45-26-24-37-14-8-10-20-42(37)34-45)48-22-12-11-21-47(48)51(49)44-25-23-36-13-7-9-19-41(36)33-44/h1-35H. The summed E-state index contributed by atoms with van der Waals surface area (Å²) in [6.45, 7) is 0. The minimum absolute atomic E-state index is 0.807. The topological polar surface area (TPSA) is 30.7 Å². The summed E-state index contributed by atoms with van der Waals surface area (Å²) in [5.41, 5.74) is 10.3. The van der Waals surface area contributed by atoms with Crippen LogP contribution < -0.4 is 0 Å². The van der Waals surface area contributed by atoms with Crippen LogP contribution in [-0.2, 0) is 0 Å². The van der Waals surface area contributed by atoms with Crippen molar-refractivity contribution >= 4 is 43.1 Å². The van der Waals surface area contributed by atoms with E-state index in [1.807, 2.05) is 36.4 Å². The molecule has 0 aliphatic heterocycles. The summed E-state index contributed by atoms with van der Waals surface area (Å²) in [5, 5.41) is 19.3. The van der Waals surface area contributed by atoms with Gasteiger partial charge < -0.3 is 0 Å². The Morgan fingerprint density at radius 3 is 1.23 bits per heavy atom. The van der Waals surface area contributed by atoms with E-state index in [1.165, 1.54) is 65.3 Å². The second kappa shape index (κ2) is 13.6. The zero-order valence-electron chi connectivity index (χ0n) is 31.0. The smallest absolute Gasteiger partial charge is 0.168 e. The Morgan fingerprint density at radius 1 is 0.263 bits per heavy atom. The van der Waals surface area contributed by atoms with Crippen molar-refractivity contribution < 1.29 is 0 Å². The van der Waals surface area contributed by atoms with Crippen LogP contribution in [0.5, 0.6) is 0 Å². The Kier molecular flexibility index (Phi) is 7.82. The lowest BCUT2D eigenvalue weighted by Crippen LogP contribution is -2.00. The molecular formula is C54H35N3. The van der Waals surface area contributed by atoms with Gasteiger partial charge >= 0.3 is 0 Å². The highest BCUT2D eigenvalue weighted by Gasteiger charge is 2.20. The summed E-state index contributed by atoms with van der Waals surface area (Å²) >= 11 is 0. The molecule has 0 aliphatic carbocycles. The van der Waals surface area contributed by atoms with Crippen molar-refractivity contribution in [3.05, 3.63) is 212 Å². The molecule has 0 fully saturated rings. The fraction of sp³-hybridized carbons (Fsp3) is 0. The molecule has 57 heavy (non-hydrogen) atoms. The maximum absolute atomic E-state index is 4.70. The number of rotatable bonds is 6. The van der Waals surface area contributed by atoms with Crippen LogP contribution in [-0.4, -0.2) is 14.8 Å². The molecule has 0 atom stereocenters. The highest BCUT2D eigenvalue weighted by Crippen LogP contribution is 2.46. The number of hydrogen-bond acceptors (Lipinski definition) is 2. The molecule has 11 aromatic rings. The molecule has 0 saturated heterocycles. The van der Waals surface area contributed by atoms with Crippen LogP contribution in [0.2, 0.25) is 0 Å². The van der Waals surface area contributed by atoms with Gasteiger partial charge in [-0.25, -0.2) is 0 Å². The van der Waals surface area contributed by atoms with Gasteiger partial charge in [0.1, 0.15) is 0 Å². The first-order valence-corrected chi connectivity index (χ1v) is 19.4. The van der Waals surface area contributed by atoms with E-state index in [2.05, 4.69) is 180 Å². The van der Waals surface area contributed by atoms with Crippen molar-refractivity contribution in [3.63, 3.8) is 0 Å². The maximum Gasteiger partial charge on any atom is 0.168 e. The fourth-order valence-corrected chi connectivity index (χ4v) is 8.55. The van der Waals surface area contributed by atoms with Crippen molar-refractivity contribution in [3.8, 4) is 61.8 Å². The summed E-state index contributed by atoms with van der Waals surface area (Å²) < 4.78 is 2.16. The third kappa shape index (κ3) is 5.68. The average Bonchev–Trinajstić information content (AvgIpc) is 3.74. The average molecular weight is 726 g/mol. The number of hydrogen-bond donors (Lipinski definition) is 0. The molecule has 0 bridgehead atoms. The van der Waals surface area contributed by atoms with Crippen LogP contribution in [0.3, 0.4) is 0 Å². The van der Waals surface area contributed by atoms with Gasteiger partial charge in [-0.15, -0.1) is 10.2 Å². The fourth-order valence-electron chi connectivity index (χ4n) is 8.55. The van der Waals surface area contributed by atoms with Crippen LogP contribution in [0, 0.1) is 0 Å². The van der Waals surface area contributed by atoms with Gasteiger partial charge in [0.25, 0.3) is 0 Å². The molecule has 266 valence electrons. The van der Waals surface area contributed by atoms with Gasteiger partial charge in [-0.1, -0.05) is 182 Å². The molecule has 0 saturated carbocycles. The predicted molar refractivity (Wildman–Crippen MR) is 239 cm³/mol. The largest absolute Gasteiger partial charge is 0.275 e. The van der Waals surface area contributed by atoms with E-state index in [0.717, 1.165) is 39.6 Å². The molecule has 3 heteroatoms. The zero-order chi connectivity index (χ0) is 37.7. The summed E-state index contributed by atoms with van der Waals surface area (Å²) in [6.07, 6.45) is 0.